The van der Waals surface area contributed by atoms with E-state index in [0.717, 1.165) is 29.5 Å². The standard InChI is InChI=1S/C20H17N3O2/c21-12-14-7-9-15(10-8-14)13-23-18(24)20(22-19(23)25)11-3-5-16-4-1-2-6-17(16)20/h1-2,4,6-10H,3,5,11,13H2,(H,22,25). The van der Waals surface area contributed by atoms with Crippen molar-refractivity contribution in [3.63, 3.8) is 0 Å². The molecule has 2 aromatic carbocycles. The predicted molar refractivity (Wildman–Crippen MR) is 91.3 cm³/mol. The van der Waals surface area contributed by atoms with Crippen LogP contribution in [-0.4, -0.2) is 16.8 Å². The molecule has 1 aliphatic carbocycles. The molecule has 1 saturated heterocycles. The van der Waals surface area contributed by atoms with Crippen molar-refractivity contribution in [3.05, 3.63) is 70.8 Å². The molecule has 0 bridgehead atoms. The number of hydrogen-bond donors (Lipinski definition) is 1. The van der Waals surface area contributed by atoms with Crippen LogP contribution in [0.2, 0.25) is 0 Å². The van der Waals surface area contributed by atoms with Gasteiger partial charge in [-0.25, -0.2) is 4.79 Å². The van der Waals surface area contributed by atoms with E-state index in [2.05, 4.69) is 11.4 Å². The summed E-state index contributed by atoms with van der Waals surface area (Å²) in [5.41, 5.74) is 2.49. The minimum Gasteiger partial charge on any atom is -0.319 e. The van der Waals surface area contributed by atoms with E-state index in [0.29, 0.717) is 12.0 Å². The number of nitrogens with one attached hydrogen (secondary N) is 1. The molecule has 0 saturated carbocycles. The van der Waals surface area contributed by atoms with Crippen LogP contribution in [0.25, 0.3) is 0 Å². The summed E-state index contributed by atoms with van der Waals surface area (Å²) in [5.74, 6) is -0.186. The van der Waals surface area contributed by atoms with Gasteiger partial charge in [-0.15, -0.1) is 0 Å². The summed E-state index contributed by atoms with van der Waals surface area (Å²) in [5, 5.41) is 11.8. The third-order valence-electron chi connectivity index (χ3n) is 5.07. The molecule has 1 heterocycles. The maximum absolute atomic E-state index is 13.2. The quantitative estimate of drug-likeness (QED) is 0.860. The molecular formula is C20H17N3O2. The summed E-state index contributed by atoms with van der Waals surface area (Å²) in [4.78, 5) is 27.0. The van der Waals surface area contributed by atoms with Gasteiger partial charge in [0.1, 0.15) is 5.54 Å². The van der Waals surface area contributed by atoms with Crippen LogP contribution in [0.4, 0.5) is 4.79 Å². The van der Waals surface area contributed by atoms with Gasteiger partial charge in [0.05, 0.1) is 18.2 Å². The molecule has 5 nitrogen and oxygen atoms in total. The van der Waals surface area contributed by atoms with Gasteiger partial charge >= 0.3 is 6.03 Å². The summed E-state index contributed by atoms with van der Waals surface area (Å²) in [6, 6.07) is 16.5. The second-order valence-corrected chi connectivity index (χ2v) is 6.55. The van der Waals surface area contributed by atoms with Crippen LogP contribution in [0.15, 0.2) is 48.5 Å². The zero-order valence-corrected chi connectivity index (χ0v) is 13.7. The number of hydrogen-bond acceptors (Lipinski definition) is 3. The second-order valence-electron chi connectivity index (χ2n) is 6.55. The highest BCUT2D eigenvalue weighted by molar-refractivity contribution is 6.07. The molecule has 4 rings (SSSR count). The average Bonchev–Trinajstić information content (AvgIpc) is 2.88. The van der Waals surface area contributed by atoms with E-state index in [9.17, 15) is 9.59 Å². The maximum atomic E-state index is 13.2. The molecular weight excluding hydrogens is 314 g/mol. The largest absolute Gasteiger partial charge is 0.325 e. The van der Waals surface area contributed by atoms with Gasteiger partial charge in [-0.1, -0.05) is 36.4 Å². The van der Waals surface area contributed by atoms with Gasteiger partial charge in [-0.05, 0) is 48.1 Å². The zero-order chi connectivity index (χ0) is 17.4. The summed E-state index contributed by atoms with van der Waals surface area (Å²) in [7, 11) is 0. The fraction of sp³-hybridized carbons (Fsp3) is 0.250. The van der Waals surface area contributed by atoms with Gasteiger partial charge in [-0.3, -0.25) is 9.69 Å². The van der Waals surface area contributed by atoms with Crippen molar-refractivity contribution in [1.82, 2.24) is 10.2 Å². The number of urea groups is 1. The Hall–Kier alpha value is -3.13. The molecule has 2 aromatic rings. The van der Waals surface area contributed by atoms with Gasteiger partial charge in [0, 0.05) is 0 Å². The van der Waals surface area contributed by atoms with Crippen molar-refractivity contribution in [2.45, 2.75) is 31.3 Å². The third-order valence-corrected chi connectivity index (χ3v) is 5.07. The molecule has 124 valence electrons. The van der Waals surface area contributed by atoms with Crippen molar-refractivity contribution in [1.29, 1.82) is 5.26 Å². The number of rotatable bonds is 2. The van der Waals surface area contributed by atoms with E-state index in [1.54, 1.807) is 24.3 Å². The van der Waals surface area contributed by atoms with Crippen molar-refractivity contribution >= 4 is 11.9 Å². The smallest absolute Gasteiger partial charge is 0.319 e. The summed E-state index contributed by atoms with van der Waals surface area (Å²) in [6.45, 7) is 0.209. The minimum absolute atomic E-state index is 0.186. The number of nitriles is 1. The Morgan fingerprint density at radius 3 is 2.64 bits per heavy atom. The lowest BCUT2D eigenvalue weighted by molar-refractivity contribution is -0.132. The number of fused-ring (bicyclic) bond motifs is 2. The fourth-order valence-corrected chi connectivity index (χ4v) is 3.82. The van der Waals surface area contributed by atoms with E-state index in [1.807, 2.05) is 24.3 Å². The summed E-state index contributed by atoms with van der Waals surface area (Å²) < 4.78 is 0. The lowest BCUT2D eigenvalue weighted by Gasteiger charge is -2.33. The van der Waals surface area contributed by atoms with Crippen molar-refractivity contribution in [3.8, 4) is 6.07 Å². The third kappa shape index (κ3) is 2.38. The number of aryl methyl sites for hydroxylation is 1. The molecule has 1 aliphatic heterocycles. The number of benzene rings is 2. The lowest BCUT2D eigenvalue weighted by Crippen LogP contribution is -2.46. The number of nitrogens with zero attached hydrogens (tertiary/aromatic N) is 2. The van der Waals surface area contributed by atoms with E-state index >= 15 is 0 Å². The first-order valence-corrected chi connectivity index (χ1v) is 8.35. The highest BCUT2D eigenvalue weighted by Gasteiger charge is 2.53. The Labute approximate surface area is 145 Å². The molecule has 1 spiro atoms. The molecule has 25 heavy (non-hydrogen) atoms. The first-order chi connectivity index (χ1) is 12.1. The van der Waals surface area contributed by atoms with E-state index in [1.165, 1.54) is 4.90 Å². The first-order valence-electron chi connectivity index (χ1n) is 8.35. The molecule has 0 radical (unpaired) electrons. The van der Waals surface area contributed by atoms with Gasteiger partial charge in [-0.2, -0.15) is 5.26 Å². The summed E-state index contributed by atoms with van der Waals surface area (Å²) in [6.07, 6.45) is 2.42. The van der Waals surface area contributed by atoms with Crippen LogP contribution >= 0.6 is 0 Å². The molecule has 5 heteroatoms. The van der Waals surface area contributed by atoms with Crippen LogP contribution in [0, 0.1) is 11.3 Å². The number of carbonyl (C=O) groups is 2. The van der Waals surface area contributed by atoms with Gasteiger partial charge in [0.15, 0.2) is 0 Å². The number of imide groups is 1. The number of carbonyl (C=O) groups excluding carboxylic acids is 2. The van der Waals surface area contributed by atoms with Gasteiger partial charge < -0.3 is 5.32 Å². The van der Waals surface area contributed by atoms with Gasteiger partial charge in [0.25, 0.3) is 5.91 Å². The van der Waals surface area contributed by atoms with E-state index in [-0.39, 0.29) is 18.5 Å². The highest BCUT2D eigenvalue weighted by atomic mass is 16.2. The molecule has 0 aromatic heterocycles. The monoisotopic (exact) mass is 331 g/mol. The van der Waals surface area contributed by atoms with E-state index in [4.69, 9.17) is 5.26 Å². The predicted octanol–water partition coefficient (Wildman–Crippen LogP) is 2.84. The zero-order valence-electron chi connectivity index (χ0n) is 13.7. The molecule has 2 aliphatic rings. The SMILES string of the molecule is N#Cc1ccc(CN2C(=O)NC3(CCCc4ccccc43)C2=O)cc1. The number of amides is 3. The Morgan fingerprint density at radius 2 is 1.88 bits per heavy atom. The molecule has 1 atom stereocenters. The normalized spacial score (nSPS) is 21.8. The van der Waals surface area contributed by atoms with Crippen LogP contribution in [0.5, 0.6) is 0 Å². The second kappa shape index (κ2) is 5.75. The van der Waals surface area contributed by atoms with Crippen LogP contribution in [0.1, 0.15) is 35.1 Å². The maximum Gasteiger partial charge on any atom is 0.325 e. The fourth-order valence-electron chi connectivity index (χ4n) is 3.82. The Balaban J connectivity index is 1.66. The van der Waals surface area contributed by atoms with Crippen LogP contribution in [-0.2, 0) is 23.3 Å². The average molecular weight is 331 g/mol. The van der Waals surface area contributed by atoms with Crippen LogP contribution < -0.4 is 5.32 Å². The minimum atomic E-state index is -0.932. The molecule has 3 amide bonds. The Bertz CT molecular complexity index is 898. The molecule has 1 fully saturated rings. The van der Waals surface area contributed by atoms with Gasteiger partial charge in [0.2, 0.25) is 0 Å². The van der Waals surface area contributed by atoms with Crippen molar-refractivity contribution < 1.29 is 9.59 Å². The Kier molecular flexibility index (Phi) is 3.54. The lowest BCUT2D eigenvalue weighted by atomic mass is 9.76. The first kappa shape index (κ1) is 15.4. The van der Waals surface area contributed by atoms with Crippen molar-refractivity contribution in [2.24, 2.45) is 0 Å². The topological polar surface area (TPSA) is 73.2 Å². The van der Waals surface area contributed by atoms with Crippen molar-refractivity contribution in [2.75, 3.05) is 0 Å². The molecule has 1 unspecified atom stereocenters. The molecule has 1 N–H and O–H groups in total. The highest BCUT2D eigenvalue weighted by Crippen LogP contribution is 2.40. The Morgan fingerprint density at radius 1 is 1.12 bits per heavy atom. The van der Waals surface area contributed by atoms with E-state index < -0.39 is 5.54 Å². The van der Waals surface area contributed by atoms with Crippen LogP contribution in [0.3, 0.4) is 0 Å². The summed E-state index contributed by atoms with van der Waals surface area (Å²) >= 11 is 0.